The Morgan fingerprint density at radius 3 is 2.30 bits per heavy atom. The Hall–Kier alpha value is -2.21. The molecule has 0 heterocycles. The van der Waals surface area contributed by atoms with E-state index in [1.807, 2.05) is 0 Å². The van der Waals surface area contributed by atoms with Gasteiger partial charge in [-0.1, -0.05) is 6.07 Å². The van der Waals surface area contributed by atoms with Crippen LogP contribution in [0, 0.1) is 0 Å². The smallest absolute Gasteiger partial charge is 0.206 e. The minimum atomic E-state index is -3.69. The van der Waals surface area contributed by atoms with Gasteiger partial charge in [-0.25, -0.2) is 8.42 Å². The number of methoxy groups -OCH3 is 2. The summed E-state index contributed by atoms with van der Waals surface area (Å²) in [6.07, 6.45) is 0. The third-order valence-electron chi connectivity index (χ3n) is 2.81. The van der Waals surface area contributed by atoms with E-state index in [1.165, 1.54) is 44.6 Å². The summed E-state index contributed by atoms with van der Waals surface area (Å²) in [5.41, 5.74) is 0. The van der Waals surface area contributed by atoms with Crippen LogP contribution < -0.4 is 9.47 Å². The minimum absolute atomic E-state index is 0.0420. The molecule has 2 aromatic carbocycles. The Morgan fingerprint density at radius 2 is 1.65 bits per heavy atom. The lowest BCUT2D eigenvalue weighted by atomic mass is 10.3. The SMILES string of the molecule is COc1cccc(S(=O)(=O)c2ccc(O)c(OC)c2)c1. The van der Waals surface area contributed by atoms with E-state index >= 15 is 0 Å². The van der Waals surface area contributed by atoms with Gasteiger partial charge in [0.05, 0.1) is 24.0 Å². The second-order valence-corrected chi connectivity index (χ2v) is 5.97. The Balaban J connectivity index is 2.54. The molecular weight excluding hydrogens is 280 g/mol. The first-order valence-electron chi connectivity index (χ1n) is 5.75. The predicted molar refractivity (Wildman–Crippen MR) is 73.1 cm³/mol. The number of aromatic hydroxyl groups is 1. The molecule has 106 valence electrons. The maximum absolute atomic E-state index is 12.5. The molecule has 0 unspecified atom stereocenters. The maximum atomic E-state index is 12.5. The van der Waals surface area contributed by atoms with Crippen molar-refractivity contribution in [3.05, 3.63) is 42.5 Å². The molecule has 0 saturated heterocycles. The number of sulfone groups is 1. The highest BCUT2D eigenvalue weighted by atomic mass is 32.2. The van der Waals surface area contributed by atoms with E-state index in [2.05, 4.69) is 0 Å². The van der Waals surface area contributed by atoms with Crippen LogP contribution in [-0.4, -0.2) is 27.7 Å². The van der Waals surface area contributed by atoms with Crippen LogP contribution in [0.2, 0.25) is 0 Å². The standard InChI is InChI=1S/C14H14O5S/c1-18-10-4-3-5-11(8-10)20(16,17)12-6-7-13(15)14(9-12)19-2/h3-9,15H,1-2H3. The van der Waals surface area contributed by atoms with Crippen molar-refractivity contribution in [1.82, 2.24) is 0 Å². The molecule has 2 aromatic rings. The summed E-state index contributed by atoms with van der Waals surface area (Å²) < 4.78 is 34.9. The van der Waals surface area contributed by atoms with Gasteiger partial charge in [-0.05, 0) is 30.3 Å². The zero-order valence-corrected chi connectivity index (χ0v) is 11.8. The summed E-state index contributed by atoms with van der Waals surface area (Å²) in [7, 11) is -0.866. The third kappa shape index (κ3) is 2.55. The fraction of sp³-hybridized carbons (Fsp3) is 0.143. The zero-order valence-electron chi connectivity index (χ0n) is 11.0. The maximum Gasteiger partial charge on any atom is 0.206 e. The Morgan fingerprint density at radius 1 is 0.950 bits per heavy atom. The molecule has 0 spiro atoms. The van der Waals surface area contributed by atoms with Gasteiger partial charge >= 0.3 is 0 Å². The highest BCUT2D eigenvalue weighted by Crippen LogP contribution is 2.31. The summed E-state index contributed by atoms with van der Waals surface area (Å²) >= 11 is 0. The molecule has 0 amide bonds. The minimum Gasteiger partial charge on any atom is -0.504 e. The van der Waals surface area contributed by atoms with Gasteiger partial charge in [0, 0.05) is 6.07 Å². The van der Waals surface area contributed by atoms with Gasteiger partial charge in [-0.2, -0.15) is 0 Å². The van der Waals surface area contributed by atoms with E-state index in [0.29, 0.717) is 5.75 Å². The molecule has 0 aromatic heterocycles. The molecular formula is C14H14O5S. The lowest BCUT2D eigenvalue weighted by Crippen LogP contribution is -2.02. The van der Waals surface area contributed by atoms with Crippen LogP contribution in [0.5, 0.6) is 17.2 Å². The Kier molecular flexibility index (Phi) is 3.85. The monoisotopic (exact) mass is 294 g/mol. The van der Waals surface area contributed by atoms with Crippen LogP contribution >= 0.6 is 0 Å². The Bertz CT molecular complexity index is 722. The van der Waals surface area contributed by atoms with Crippen molar-refractivity contribution in [2.75, 3.05) is 14.2 Å². The average molecular weight is 294 g/mol. The van der Waals surface area contributed by atoms with Crippen LogP contribution in [-0.2, 0) is 9.84 Å². The van der Waals surface area contributed by atoms with Crippen molar-refractivity contribution in [3.8, 4) is 17.2 Å². The summed E-state index contributed by atoms with van der Waals surface area (Å²) in [5.74, 6) is 0.447. The van der Waals surface area contributed by atoms with E-state index < -0.39 is 9.84 Å². The molecule has 6 heteroatoms. The fourth-order valence-electron chi connectivity index (χ4n) is 1.73. The average Bonchev–Trinajstić information content (AvgIpc) is 2.47. The van der Waals surface area contributed by atoms with Gasteiger partial charge in [0.2, 0.25) is 9.84 Å². The highest BCUT2D eigenvalue weighted by Gasteiger charge is 2.20. The number of rotatable bonds is 4. The van der Waals surface area contributed by atoms with E-state index in [0.717, 1.165) is 0 Å². The largest absolute Gasteiger partial charge is 0.504 e. The molecule has 0 radical (unpaired) electrons. The van der Waals surface area contributed by atoms with Gasteiger partial charge in [0.25, 0.3) is 0 Å². The van der Waals surface area contributed by atoms with Crippen molar-refractivity contribution < 1.29 is 23.0 Å². The molecule has 20 heavy (non-hydrogen) atoms. The van der Waals surface area contributed by atoms with Crippen molar-refractivity contribution in [1.29, 1.82) is 0 Å². The summed E-state index contributed by atoms with van der Waals surface area (Å²) in [6.45, 7) is 0. The van der Waals surface area contributed by atoms with Gasteiger partial charge < -0.3 is 14.6 Å². The first-order chi connectivity index (χ1) is 9.48. The normalized spacial score (nSPS) is 11.1. The van der Waals surface area contributed by atoms with Crippen molar-refractivity contribution >= 4 is 9.84 Å². The van der Waals surface area contributed by atoms with Crippen LogP contribution in [0.3, 0.4) is 0 Å². The number of ether oxygens (including phenoxy) is 2. The van der Waals surface area contributed by atoms with Gasteiger partial charge in [0.15, 0.2) is 11.5 Å². The number of benzene rings is 2. The second kappa shape index (κ2) is 5.42. The van der Waals surface area contributed by atoms with Crippen LogP contribution in [0.15, 0.2) is 52.3 Å². The summed E-state index contributed by atoms with van der Waals surface area (Å²) in [4.78, 5) is 0.157. The van der Waals surface area contributed by atoms with Crippen molar-refractivity contribution in [2.45, 2.75) is 9.79 Å². The Labute approximate surface area is 117 Å². The third-order valence-corrected chi connectivity index (χ3v) is 4.56. The number of phenols is 1. The lowest BCUT2D eigenvalue weighted by molar-refractivity contribution is 0.372. The highest BCUT2D eigenvalue weighted by molar-refractivity contribution is 7.91. The van der Waals surface area contributed by atoms with E-state index in [1.54, 1.807) is 12.1 Å². The molecule has 0 bridgehead atoms. The quantitative estimate of drug-likeness (QED) is 0.936. The number of phenolic OH excluding ortho intramolecular Hbond substituents is 1. The summed E-state index contributed by atoms with van der Waals surface area (Å²) in [6, 6.07) is 10.1. The van der Waals surface area contributed by atoms with Crippen LogP contribution in [0.4, 0.5) is 0 Å². The zero-order chi connectivity index (χ0) is 14.8. The van der Waals surface area contributed by atoms with Crippen molar-refractivity contribution in [3.63, 3.8) is 0 Å². The molecule has 5 nitrogen and oxygen atoms in total. The molecule has 0 aliphatic carbocycles. The van der Waals surface area contributed by atoms with E-state index in [9.17, 15) is 13.5 Å². The van der Waals surface area contributed by atoms with Crippen LogP contribution in [0.1, 0.15) is 0 Å². The summed E-state index contributed by atoms with van der Waals surface area (Å²) in [5, 5.41) is 9.51. The first-order valence-corrected chi connectivity index (χ1v) is 7.23. The first kappa shape index (κ1) is 14.2. The van der Waals surface area contributed by atoms with Gasteiger partial charge in [0.1, 0.15) is 5.75 Å². The second-order valence-electron chi connectivity index (χ2n) is 4.02. The molecule has 2 rings (SSSR count). The molecule has 0 aliphatic rings. The topological polar surface area (TPSA) is 72.8 Å². The van der Waals surface area contributed by atoms with Gasteiger partial charge in [-0.3, -0.25) is 0 Å². The van der Waals surface area contributed by atoms with E-state index in [4.69, 9.17) is 9.47 Å². The number of hydrogen-bond donors (Lipinski definition) is 1. The molecule has 0 fully saturated rings. The van der Waals surface area contributed by atoms with E-state index in [-0.39, 0.29) is 21.3 Å². The number of hydrogen-bond acceptors (Lipinski definition) is 5. The molecule has 0 aliphatic heterocycles. The fourth-order valence-corrected chi connectivity index (χ4v) is 3.04. The van der Waals surface area contributed by atoms with Crippen LogP contribution in [0.25, 0.3) is 0 Å². The molecule has 0 atom stereocenters. The molecule has 0 saturated carbocycles. The predicted octanol–water partition coefficient (Wildman–Crippen LogP) is 2.24. The lowest BCUT2D eigenvalue weighted by Gasteiger charge is -2.09. The van der Waals surface area contributed by atoms with Crippen molar-refractivity contribution in [2.24, 2.45) is 0 Å². The molecule has 1 N–H and O–H groups in total. The van der Waals surface area contributed by atoms with Gasteiger partial charge in [-0.15, -0.1) is 0 Å².